The Kier molecular flexibility index (Phi) is 3.31. The number of hydrogen-bond donors (Lipinski definition) is 1. The molecule has 0 aromatic carbocycles. The van der Waals surface area contributed by atoms with Crippen LogP contribution in [0, 0.1) is 5.92 Å². The summed E-state index contributed by atoms with van der Waals surface area (Å²) >= 11 is 1.67. The molecule has 1 amide bonds. The van der Waals surface area contributed by atoms with Gasteiger partial charge in [0.1, 0.15) is 0 Å². The molecule has 1 N–H and O–H groups in total. The molecule has 0 aliphatic carbocycles. The molecule has 0 radical (unpaired) electrons. The van der Waals surface area contributed by atoms with Crippen molar-refractivity contribution in [1.29, 1.82) is 0 Å². The molecule has 21 heavy (non-hydrogen) atoms. The lowest BCUT2D eigenvalue weighted by molar-refractivity contribution is 0.206. The summed E-state index contributed by atoms with van der Waals surface area (Å²) in [7, 11) is 0. The molecular formula is C16H19N3OS. The summed E-state index contributed by atoms with van der Waals surface area (Å²) in [6.07, 6.45) is 6.17. The Balaban J connectivity index is 1.43. The number of rotatable bonds is 2. The van der Waals surface area contributed by atoms with Crippen LogP contribution in [0.2, 0.25) is 0 Å². The van der Waals surface area contributed by atoms with Crippen LogP contribution in [0.15, 0.2) is 35.3 Å². The van der Waals surface area contributed by atoms with Crippen molar-refractivity contribution in [2.24, 2.45) is 5.92 Å². The smallest absolute Gasteiger partial charge is 0.325 e. The minimum absolute atomic E-state index is 0.0102. The second-order valence-electron chi connectivity index (χ2n) is 6.12. The van der Waals surface area contributed by atoms with Gasteiger partial charge in [-0.1, -0.05) is 0 Å². The topological polar surface area (TPSA) is 37.3 Å². The third-order valence-electron chi connectivity index (χ3n) is 4.58. The minimum Gasteiger partial charge on any atom is -0.333 e. The van der Waals surface area contributed by atoms with Crippen molar-refractivity contribution in [2.45, 2.75) is 18.9 Å². The fraction of sp³-hybridized carbons (Fsp3) is 0.438. The Bertz CT molecular complexity index is 622. The van der Waals surface area contributed by atoms with E-state index in [0.29, 0.717) is 6.04 Å². The summed E-state index contributed by atoms with van der Waals surface area (Å²) in [5.74, 6) is 0.773. The molecule has 2 aliphatic rings. The molecule has 2 aromatic heterocycles. The van der Waals surface area contributed by atoms with E-state index in [-0.39, 0.29) is 6.03 Å². The van der Waals surface area contributed by atoms with E-state index in [1.54, 1.807) is 15.9 Å². The molecule has 2 aliphatic heterocycles. The molecule has 3 atom stereocenters. The zero-order valence-corrected chi connectivity index (χ0v) is 12.7. The quantitative estimate of drug-likeness (QED) is 0.926. The van der Waals surface area contributed by atoms with Gasteiger partial charge in [-0.15, -0.1) is 0 Å². The second-order valence-corrected chi connectivity index (χ2v) is 6.90. The number of hydrogen-bond acceptors (Lipinski definition) is 3. The van der Waals surface area contributed by atoms with Crippen LogP contribution in [-0.2, 0) is 0 Å². The van der Waals surface area contributed by atoms with Crippen molar-refractivity contribution >= 4 is 17.4 Å². The largest absolute Gasteiger partial charge is 0.333 e. The van der Waals surface area contributed by atoms with E-state index in [0.717, 1.165) is 24.4 Å². The van der Waals surface area contributed by atoms with E-state index in [4.69, 9.17) is 0 Å². The maximum Gasteiger partial charge on any atom is 0.325 e. The van der Waals surface area contributed by atoms with Crippen molar-refractivity contribution in [2.75, 3.05) is 19.6 Å². The van der Waals surface area contributed by atoms with Gasteiger partial charge in [-0.25, -0.2) is 4.79 Å². The van der Waals surface area contributed by atoms with Gasteiger partial charge in [0.2, 0.25) is 0 Å². The Morgan fingerprint density at radius 1 is 1.29 bits per heavy atom. The van der Waals surface area contributed by atoms with Crippen molar-refractivity contribution in [3.63, 3.8) is 0 Å². The molecule has 0 saturated carbocycles. The first kappa shape index (κ1) is 13.1. The van der Waals surface area contributed by atoms with Crippen LogP contribution in [0.1, 0.15) is 12.8 Å². The highest BCUT2D eigenvalue weighted by Crippen LogP contribution is 2.27. The first-order valence-corrected chi connectivity index (χ1v) is 8.46. The van der Waals surface area contributed by atoms with Crippen LogP contribution in [0.4, 0.5) is 4.79 Å². The zero-order chi connectivity index (χ0) is 14.2. The Hall–Kier alpha value is -1.59. The molecular weight excluding hydrogens is 282 g/mol. The van der Waals surface area contributed by atoms with Gasteiger partial charge in [0.25, 0.3) is 0 Å². The van der Waals surface area contributed by atoms with Gasteiger partial charge in [0.15, 0.2) is 0 Å². The number of amides is 1. The molecule has 0 spiro atoms. The normalized spacial score (nSPS) is 27.7. The number of thiophene rings is 1. The van der Waals surface area contributed by atoms with E-state index < -0.39 is 0 Å². The Labute approximate surface area is 128 Å². The lowest BCUT2D eigenvalue weighted by atomic mass is 9.97. The summed E-state index contributed by atoms with van der Waals surface area (Å²) in [4.78, 5) is 14.8. The fourth-order valence-corrected chi connectivity index (χ4v) is 4.20. The van der Waals surface area contributed by atoms with E-state index in [9.17, 15) is 4.79 Å². The monoisotopic (exact) mass is 301 g/mol. The molecule has 4 nitrogen and oxygen atoms in total. The number of nitrogens with zero attached hydrogens (tertiary/aromatic N) is 2. The van der Waals surface area contributed by atoms with Gasteiger partial charge in [-0.3, -0.25) is 4.57 Å². The SMILES string of the molecule is O=C(NC1CC2CCN(C2)C1)n1ccc(-c2ccsc2)c1. The highest BCUT2D eigenvalue weighted by molar-refractivity contribution is 7.08. The third kappa shape index (κ3) is 2.63. The van der Waals surface area contributed by atoms with E-state index in [1.807, 2.05) is 18.5 Å². The summed E-state index contributed by atoms with van der Waals surface area (Å²) in [6.45, 7) is 3.42. The number of piperidine rings is 1. The van der Waals surface area contributed by atoms with E-state index in [1.165, 1.54) is 25.1 Å². The molecule has 2 bridgehead atoms. The van der Waals surface area contributed by atoms with Gasteiger partial charge in [0.05, 0.1) is 0 Å². The third-order valence-corrected chi connectivity index (χ3v) is 5.26. The summed E-state index contributed by atoms with van der Waals surface area (Å²) in [5, 5.41) is 7.33. The predicted molar refractivity (Wildman–Crippen MR) is 84.6 cm³/mol. The number of nitrogens with one attached hydrogen (secondary N) is 1. The molecule has 2 fully saturated rings. The van der Waals surface area contributed by atoms with Crippen LogP contribution >= 0.6 is 11.3 Å². The van der Waals surface area contributed by atoms with Crippen molar-refractivity contribution in [3.8, 4) is 11.1 Å². The summed E-state index contributed by atoms with van der Waals surface area (Å²) < 4.78 is 1.67. The van der Waals surface area contributed by atoms with Crippen molar-refractivity contribution < 1.29 is 4.79 Å². The maximum atomic E-state index is 12.4. The lowest BCUT2D eigenvalue weighted by Crippen LogP contribution is -2.47. The molecule has 2 saturated heterocycles. The molecule has 2 aromatic rings. The van der Waals surface area contributed by atoms with Gasteiger partial charge in [-0.2, -0.15) is 11.3 Å². The standard InChI is InChI=1S/C16H19N3OS/c20-16(17-15-7-12-1-4-18(8-12)10-15)19-5-2-13(9-19)14-3-6-21-11-14/h2-3,5-6,9,11-12,15H,1,4,7-8,10H2,(H,17,20). The highest BCUT2D eigenvalue weighted by atomic mass is 32.1. The van der Waals surface area contributed by atoms with Gasteiger partial charge >= 0.3 is 6.03 Å². The second kappa shape index (κ2) is 5.31. The average Bonchev–Trinajstić information content (AvgIpc) is 3.18. The van der Waals surface area contributed by atoms with Gasteiger partial charge < -0.3 is 10.2 Å². The first-order chi connectivity index (χ1) is 10.3. The van der Waals surface area contributed by atoms with Crippen LogP contribution in [0.3, 0.4) is 0 Å². The summed E-state index contributed by atoms with van der Waals surface area (Å²) in [6, 6.07) is 4.36. The predicted octanol–water partition coefficient (Wildman–Crippen LogP) is 2.87. The number of carbonyl (C=O) groups is 1. The fourth-order valence-electron chi connectivity index (χ4n) is 3.54. The zero-order valence-electron chi connectivity index (χ0n) is 11.9. The highest BCUT2D eigenvalue weighted by Gasteiger charge is 2.32. The van der Waals surface area contributed by atoms with Crippen LogP contribution in [0.25, 0.3) is 11.1 Å². The van der Waals surface area contributed by atoms with Gasteiger partial charge in [-0.05, 0) is 53.8 Å². The van der Waals surface area contributed by atoms with Crippen LogP contribution in [0.5, 0.6) is 0 Å². The van der Waals surface area contributed by atoms with E-state index in [2.05, 4.69) is 27.0 Å². The maximum absolute atomic E-state index is 12.4. The number of carbonyl (C=O) groups excluding carboxylic acids is 1. The van der Waals surface area contributed by atoms with Crippen molar-refractivity contribution in [3.05, 3.63) is 35.3 Å². The Morgan fingerprint density at radius 2 is 2.24 bits per heavy atom. The first-order valence-electron chi connectivity index (χ1n) is 7.52. The lowest BCUT2D eigenvalue weighted by Gasteiger charge is -2.30. The average molecular weight is 301 g/mol. The van der Waals surface area contributed by atoms with Crippen LogP contribution in [-0.4, -0.2) is 41.2 Å². The number of fused-ring (bicyclic) bond motifs is 2. The van der Waals surface area contributed by atoms with E-state index >= 15 is 0 Å². The molecule has 4 rings (SSSR count). The molecule has 4 heterocycles. The Morgan fingerprint density at radius 3 is 3.05 bits per heavy atom. The molecule has 110 valence electrons. The molecule has 3 unspecified atom stereocenters. The minimum atomic E-state index is -0.0102. The molecule has 5 heteroatoms. The number of aromatic nitrogens is 1. The summed E-state index contributed by atoms with van der Waals surface area (Å²) in [5.41, 5.74) is 2.27. The van der Waals surface area contributed by atoms with Crippen molar-refractivity contribution in [1.82, 2.24) is 14.8 Å². The van der Waals surface area contributed by atoms with Gasteiger partial charge in [0, 0.05) is 37.1 Å². The van der Waals surface area contributed by atoms with Crippen LogP contribution < -0.4 is 5.32 Å².